The van der Waals surface area contributed by atoms with E-state index in [-0.39, 0.29) is 16.5 Å². The normalized spacial score (nSPS) is 10.5. The van der Waals surface area contributed by atoms with E-state index in [1.807, 2.05) is 0 Å². The lowest BCUT2D eigenvalue weighted by Gasteiger charge is -1.93. The SMILES string of the molecule is O=C(O)c1cccc2s[nH]c(=O)c12. The molecule has 0 amide bonds. The van der Waals surface area contributed by atoms with Crippen molar-refractivity contribution in [1.29, 1.82) is 0 Å². The summed E-state index contributed by atoms with van der Waals surface area (Å²) in [6, 6.07) is 4.76. The quantitative estimate of drug-likeness (QED) is 0.720. The summed E-state index contributed by atoms with van der Waals surface area (Å²) in [6.07, 6.45) is 0. The molecular formula is C8H5NO3S. The van der Waals surface area contributed by atoms with Gasteiger partial charge in [-0.3, -0.25) is 9.17 Å². The van der Waals surface area contributed by atoms with Gasteiger partial charge in [-0.1, -0.05) is 17.6 Å². The molecule has 66 valence electrons. The molecule has 0 fully saturated rings. The van der Waals surface area contributed by atoms with E-state index in [2.05, 4.69) is 4.37 Å². The molecule has 2 N–H and O–H groups in total. The van der Waals surface area contributed by atoms with E-state index < -0.39 is 5.97 Å². The zero-order chi connectivity index (χ0) is 9.42. The zero-order valence-corrected chi connectivity index (χ0v) is 7.22. The molecule has 0 aliphatic rings. The van der Waals surface area contributed by atoms with Gasteiger partial charge in [0.15, 0.2) is 0 Å². The third kappa shape index (κ3) is 1.13. The van der Waals surface area contributed by atoms with Crippen LogP contribution in [-0.4, -0.2) is 15.4 Å². The molecule has 4 nitrogen and oxygen atoms in total. The molecule has 5 heteroatoms. The first-order valence-corrected chi connectivity index (χ1v) is 4.35. The highest BCUT2D eigenvalue weighted by atomic mass is 32.1. The molecule has 0 saturated heterocycles. The van der Waals surface area contributed by atoms with Crippen LogP contribution in [0.5, 0.6) is 0 Å². The molecule has 1 aromatic carbocycles. The smallest absolute Gasteiger partial charge is 0.336 e. The number of rotatable bonds is 1. The van der Waals surface area contributed by atoms with Gasteiger partial charge in [-0.2, -0.15) is 0 Å². The molecule has 1 heterocycles. The van der Waals surface area contributed by atoms with Crippen LogP contribution in [0.4, 0.5) is 0 Å². The lowest BCUT2D eigenvalue weighted by molar-refractivity contribution is 0.0699. The van der Waals surface area contributed by atoms with Gasteiger partial charge in [-0.15, -0.1) is 0 Å². The average Bonchev–Trinajstić information content (AvgIpc) is 2.48. The van der Waals surface area contributed by atoms with Crippen molar-refractivity contribution in [1.82, 2.24) is 4.37 Å². The van der Waals surface area contributed by atoms with Crippen LogP contribution in [0.2, 0.25) is 0 Å². The van der Waals surface area contributed by atoms with Gasteiger partial charge in [0, 0.05) is 0 Å². The molecule has 2 rings (SSSR count). The molecule has 1 aromatic heterocycles. The van der Waals surface area contributed by atoms with Gasteiger partial charge >= 0.3 is 5.97 Å². The van der Waals surface area contributed by atoms with Gasteiger partial charge in [0.05, 0.1) is 15.6 Å². The molecular weight excluding hydrogens is 190 g/mol. The number of aromatic nitrogens is 1. The Labute approximate surface area is 76.6 Å². The van der Waals surface area contributed by atoms with Crippen LogP contribution < -0.4 is 5.56 Å². The van der Waals surface area contributed by atoms with Crippen molar-refractivity contribution in [2.45, 2.75) is 0 Å². The van der Waals surface area contributed by atoms with Crippen molar-refractivity contribution < 1.29 is 9.90 Å². The topological polar surface area (TPSA) is 70.2 Å². The zero-order valence-electron chi connectivity index (χ0n) is 6.40. The summed E-state index contributed by atoms with van der Waals surface area (Å²) in [5, 5.41) is 9.04. The molecule has 0 atom stereocenters. The van der Waals surface area contributed by atoms with Crippen molar-refractivity contribution in [3.05, 3.63) is 34.1 Å². The van der Waals surface area contributed by atoms with Crippen molar-refractivity contribution >= 4 is 27.6 Å². The van der Waals surface area contributed by atoms with Gasteiger partial charge in [-0.25, -0.2) is 4.79 Å². The van der Waals surface area contributed by atoms with Gasteiger partial charge in [0.2, 0.25) is 0 Å². The maximum absolute atomic E-state index is 11.2. The Balaban J connectivity index is 2.96. The van der Waals surface area contributed by atoms with Crippen LogP contribution in [0, 0.1) is 0 Å². The van der Waals surface area contributed by atoms with E-state index in [1.54, 1.807) is 12.1 Å². The second-order valence-electron chi connectivity index (χ2n) is 2.52. The molecule has 0 aliphatic heterocycles. The number of aromatic carboxylic acids is 1. The Morgan fingerprint density at radius 1 is 1.46 bits per heavy atom. The van der Waals surface area contributed by atoms with Crippen LogP contribution >= 0.6 is 11.5 Å². The fraction of sp³-hybridized carbons (Fsp3) is 0. The van der Waals surface area contributed by atoms with E-state index in [1.165, 1.54) is 6.07 Å². The van der Waals surface area contributed by atoms with Crippen molar-refractivity contribution in [2.75, 3.05) is 0 Å². The van der Waals surface area contributed by atoms with E-state index in [0.29, 0.717) is 4.70 Å². The van der Waals surface area contributed by atoms with Crippen molar-refractivity contribution in [3.63, 3.8) is 0 Å². The third-order valence-corrected chi connectivity index (χ3v) is 2.58. The molecule has 0 saturated carbocycles. The minimum absolute atomic E-state index is 0.0556. The number of hydrogen-bond acceptors (Lipinski definition) is 3. The van der Waals surface area contributed by atoms with Crippen molar-refractivity contribution in [2.24, 2.45) is 0 Å². The maximum Gasteiger partial charge on any atom is 0.336 e. The van der Waals surface area contributed by atoms with E-state index >= 15 is 0 Å². The summed E-state index contributed by atoms with van der Waals surface area (Å²) >= 11 is 1.14. The molecule has 2 aromatic rings. The Bertz CT molecular complexity index is 525. The van der Waals surface area contributed by atoms with Gasteiger partial charge in [0.1, 0.15) is 0 Å². The van der Waals surface area contributed by atoms with E-state index in [0.717, 1.165) is 11.5 Å². The lowest BCUT2D eigenvalue weighted by Crippen LogP contribution is -2.04. The number of nitrogens with one attached hydrogen (secondary N) is 1. The fourth-order valence-electron chi connectivity index (χ4n) is 1.18. The summed E-state index contributed by atoms with van der Waals surface area (Å²) in [7, 11) is 0. The second kappa shape index (κ2) is 2.70. The summed E-state index contributed by atoms with van der Waals surface area (Å²) in [6.45, 7) is 0. The lowest BCUT2D eigenvalue weighted by atomic mass is 10.1. The molecule has 0 radical (unpaired) electrons. The highest BCUT2D eigenvalue weighted by Crippen LogP contribution is 2.17. The van der Waals surface area contributed by atoms with E-state index in [9.17, 15) is 9.59 Å². The summed E-state index contributed by atoms with van der Waals surface area (Å²) < 4.78 is 3.17. The molecule has 0 unspecified atom stereocenters. The Morgan fingerprint density at radius 2 is 2.23 bits per heavy atom. The monoisotopic (exact) mass is 195 g/mol. The fourth-order valence-corrected chi connectivity index (χ4v) is 1.94. The molecule has 0 bridgehead atoms. The van der Waals surface area contributed by atoms with Gasteiger partial charge in [-0.05, 0) is 12.1 Å². The number of aromatic amines is 1. The number of H-pyrrole nitrogens is 1. The highest BCUT2D eigenvalue weighted by molar-refractivity contribution is 7.13. The number of carboxylic acids is 1. The van der Waals surface area contributed by atoms with E-state index in [4.69, 9.17) is 5.11 Å². The average molecular weight is 195 g/mol. The Morgan fingerprint density at radius 3 is 2.92 bits per heavy atom. The number of fused-ring (bicyclic) bond motifs is 1. The molecule has 0 aliphatic carbocycles. The minimum atomic E-state index is -1.07. The predicted molar refractivity (Wildman–Crippen MR) is 49.4 cm³/mol. The predicted octanol–water partition coefficient (Wildman–Crippen LogP) is 1.29. The molecule has 0 spiro atoms. The van der Waals surface area contributed by atoms with Crippen LogP contribution in [0.25, 0.3) is 10.1 Å². The number of carboxylic acid groups (broad SMARTS) is 1. The van der Waals surface area contributed by atoms with Crippen LogP contribution in [0.15, 0.2) is 23.0 Å². The molecule has 13 heavy (non-hydrogen) atoms. The van der Waals surface area contributed by atoms with Crippen molar-refractivity contribution in [3.8, 4) is 0 Å². The van der Waals surface area contributed by atoms with Gasteiger partial charge in [0.25, 0.3) is 5.56 Å². The first-order chi connectivity index (χ1) is 6.20. The maximum atomic E-state index is 11.2. The van der Waals surface area contributed by atoms with Crippen LogP contribution in [0.3, 0.4) is 0 Å². The minimum Gasteiger partial charge on any atom is -0.478 e. The Hall–Kier alpha value is -1.62. The first-order valence-electron chi connectivity index (χ1n) is 3.53. The highest BCUT2D eigenvalue weighted by Gasteiger charge is 2.11. The number of hydrogen-bond donors (Lipinski definition) is 2. The Kier molecular flexibility index (Phi) is 1.66. The second-order valence-corrected chi connectivity index (χ2v) is 3.37. The number of benzene rings is 1. The summed E-state index contributed by atoms with van der Waals surface area (Å²) in [5.41, 5.74) is -0.280. The summed E-state index contributed by atoms with van der Waals surface area (Å²) in [5.74, 6) is -1.07. The van der Waals surface area contributed by atoms with Crippen LogP contribution in [-0.2, 0) is 0 Å². The first kappa shape index (κ1) is 8.00. The largest absolute Gasteiger partial charge is 0.478 e. The third-order valence-electron chi connectivity index (χ3n) is 1.74. The van der Waals surface area contributed by atoms with Gasteiger partial charge < -0.3 is 5.11 Å². The van der Waals surface area contributed by atoms with Crippen LogP contribution in [0.1, 0.15) is 10.4 Å². The number of carbonyl (C=O) groups is 1. The standard InChI is InChI=1S/C8H5NO3S/c10-7-6-4(8(11)12)2-1-3-5(6)13-9-7/h1-3H,(H,9,10)(H,11,12). The summed E-state index contributed by atoms with van der Waals surface area (Å²) in [4.78, 5) is 21.9.